The molecule has 1 fully saturated rings. The Balaban J connectivity index is 2.11. The van der Waals surface area contributed by atoms with E-state index in [1.807, 2.05) is 0 Å². The smallest absolute Gasteiger partial charge is 0.459 e. The number of hydrogen-bond donors (Lipinski definition) is 3. The number of esters is 1. The summed E-state index contributed by atoms with van der Waals surface area (Å²) in [6.45, 7) is 2.31. The number of para-hydroxylation sites is 1. The SMILES string of the molecule is COC(=O)CNP(=O)(OC[C@H]1OC(C)(C)O[C@H]1C(=O)NO)Oc1ccccc1. The van der Waals surface area contributed by atoms with Crippen LogP contribution in [0.15, 0.2) is 30.3 Å². The van der Waals surface area contributed by atoms with E-state index >= 15 is 0 Å². The lowest BCUT2D eigenvalue weighted by Gasteiger charge is -2.22. The summed E-state index contributed by atoms with van der Waals surface area (Å²) < 4.78 is 39.3. The molecule has 0 spiro atoms. The number of nitrogens with one attached hydrogen (secondary N) is 2. The lowest BCUT2D eigenvalue weighted by Crippen LogP contribution is -2.41. The van der Waals surface area contributed by atoms with E-state index < -0.39 is 44.2 Å². The van der Waals surface area contributed by atoms with E-state index in [0.29, 0.717) is 0 Å². The molecule has 2 rings (SSSR count). The molecule has 1 aliphatic heterocycles. The van der Waals surface area contributed by atoms with Gasteiger partial charge in [0.15, 0.2) is 11.9 Å². The highest BCUT2D eigenvalue weighted by Crippen LogP contribution is 2.45. The van der Waals surface area contributed by atoms with Gasteiger partial charge in [-0.15, -0.1) is 0 Å². The number of hydrogen-bond acceptors (Lipinski definition) is 9. The molecule has 1 aromatic rings. The van der Waals surface area contributed by atoms with Crippen molar-refractivity contribution in [3.63, 3.8) is 0 Å². The van der Waals surface area contributed by atoms with Gasteiger partial charge in [0.25, 0.3) is 5.91 Å². The maximum atomic E-state index is 13.1. The molecular formula is C16H23N2O9P. The van der Waals surface area contributed by atoms with E-state index in [2.05, 4.69) is 9.82 Å². The van der Waals surface area contributed by atoms with E-state index in [1.165, 1.54) is 12.6 Å². The Hall–Kier alpha value is -2.01. The van der Waals surface area contributed by atoms with Crippen molar-refractivity contribution in [1.29, 1.82) is 0 Å². The summed E-state index contributed by atoms with van der Waals surface area (Å²) in [6.07, 6.45) is -2.19. The molecule has 0 radical (unpaired) electrons. The fourth-order valence-electron chi connectivity index (χ4n) is 2.37. The van der Waals surface area contributed by atoms with Crippen molar-refractivity contribution in [3.05, 3.63) is 30.3 Å². The summed E-state index contributed by atoms with van der Waals surface area (Å²) in [5.41, 5.74) is 1.48. The maximum absolute atomic E-state index is 13.1. The quantitative estimate of drug-likeness (QED) is 0.230. The number of ether oxygens (including phenoxy) is 3. The van der Waals surface area contributed by atoms with Crippen LogP contribution in [0.1, 0.15) is 13.8 Å². The third-order valence-corrected chi connectivity index (χ3v) is 5.06. The minimum absolute atomic E-state index is 0.233. The third kappa shape index (κ3) is 6.26. The Morgan fingerprint density at radius 3 is 2.54 bits per heavy atom. The monoisotopic (exact) mass is 418 g/mol. The number of carbonyl (C=O) groups excluding carboxylic acids is 2. The van der Waals surface area contributed by atoms with E-state index in [9.17, 15) is 14.2 Å². The number of hydroxylamine groups is 1. The Morgan fingerprint density at radius 2 is 1.93 bits per heavy atom. The van der Waals surface area contributed by atoms with Gasteiger partial charge in [-0.25, -0.2) is 15.1 Å². The zero-order valence-electron chi connectivity index (χ0n) is 15.6. The fourth-order valence-corrected chi connectivity index (χ4v) is 3.65. The minimum atomic E-state index is -4.05. The van der Waals surface area contributed by atoms with Crippen molar-refractivity contribution < 1.29 is 42.6 Å². The summed E-state index contributed by atoms with van der Waals surface area (Å²) >= 11 is 0. The third-order valence-electron chi connectivity index (χ3n) is 3.57. The Bertz CT molecular complexity index is 728. The lowest BCUT2D eigenvalue weighted by atomic mass is 10.2. The van der Waals surface area contributed by atoms with Gasteiger partial charge < -0.3 is 18.7 Å². The zero-order valence-corrected chi connectivity index (χ0v) is 16.5. The molecule has 1 aromatic carbocycles. The predicted octanol–water partition coefficient (Wildman–Crippen LogP) is 0.978. The molecule has 11 nitrogen and oxygen atoms in total. The largest absolute Gasteiger partial charge is 0.468 e. The normalized spacial score (nSPS) is 22.9. The van der Waals surface area contributed by atoms with Crippen molar-refractivity contribution in [2.24, 2.45) is 0 Å². The number of carbonyl (C=O) groups is 2. The number of benzene rings is 1. The number of rotatable bonds is 9. The second-order valence-electron chi connectivity index (χ2n) is 6.18. The highest BCUT2D eigenvalue weighted by Gasteiger charge is 2.46. The summed E-state index contributed by atoms with van der Waals surface area (Å²) in [5, 5.41) is 11.2. The molecule has 28 heavy (non-hydrogen) atoms. The van der Waals surface area contributed by atoms with Crippen molar-refractivity contribution in [2.45, 2.75) is 31.8 Å². The van der Waals surface area contributed by atoms with Gasteiger partial charge >= 0.3 is 13.7 Å². The van der Waals surface area contributed by atoms with Crippen molar-refractivity contribution in [3.8, 4) is 5.75 Å². The summed E-state index contributed by atoms with van der Waals surface area (Å²) in [4.78, 5) is 23.2. The molecule has 1 unspecified atom stereocenters. The average Bonchev–Trinajstić information content (AvgIpc) is 2.99. The van der Waals surface area contributed by atoms with Gasteiger partial charge in [-0.3, -0.25) is 19.3 Å². The first kappa shape index (κ1) is 22.3. The average molecular weight is 418 g/mol. The van der Waals surface area contributed by atoms with Crippen molar-refractivity contribution >= 4 is 19.6 Å². The minimum Gasteiger partial charge on any atom is -0.468 e. The van der Waals surface area contributed by atoms with Crippen LogP contribution in [0.4, 0.5) is 0 Å². The van der Waals surface area contributed by atoms with Gasteiger partial charge in [-0.2, -0.15) is 0 Å². The van der Waals surface area contributed by atoms with Gasteiger partial charge in [-0.05, 0) is 26.0 Å². The molecule has 1 heterocycles. The first-order valence-electron chi connectivity index (χ1n) is 8.29. The zero-order chi connectivity index (χ0) is 20.8. The molecular weight excluding hydrogens is 395 g/mol. The molecule has 0 bridgehead atoms. The Kier molecular flexibility index (Phi) is 7.53. The summed E-state index contributed by atoms with van der Waals surface area (Å²) in [7, 11) is -2.87. The molecule has 1 amide bonds. The van der Waals surface area contributed by atoms with E-state index in [1.54, 1.807) is 44.2 Å². The fraction of sp³-hybridized carbons (Fsp3) is 0.500. The molecule has 12 heteroatoms. The molecule has 0 saturated carbocycles. The van der Waals surface area contributed by atoms with Crippen LogP contribution in [-0.4, -0.2) is 55.3 Å². The standard InChI is InChI=1S/C16H23N2O9P/c1-16(2)25-12(14(26-16)15(20)18-21)10-24-28(22,17-9-13(19)23-3)27-11-7-5-4-6-8-11/h4-8,12,14,21H,9-10H2,1-3H3,(H,17,22)(H,18,20)/t12-,14-,28?/m1/s1. The van der Waals surface area contributed by atoms with E-state index in [4.69, 9.17) is 23.7 Å². The molecule has 1 saturated heterocycles. The highest BCUT2D eigenvalue weighted by molar-refractivity contribution is 7.52. The van der Waals surface area contributed by atoms with Crippen LogP contribution in [0.5, 0.6) is 5.75 Å². The second kappa shape index (κ2) is 9.46. The van der Waals surface area contributed by atoms with Crippen LogP contribution in [0, 0.1) is 0 Å². The molecule has 3 N–H and O–H groups in total. The number of methoxy groups -OCH3 is 1. The van der Waals surface area contributed by atoms with Gasteiger partial charge in [0.1, 0.15) is 18.4 Å². The summed E-state index contributed by atoms with van der Waals surface area (Å²) in [6, 6.07) is 8.17. The van der Waals surface area contributed by atoms with Crippen LogP contribution >= 0.6 is 7.75 Å². The first-order chi connectivity index (χ1) is 13.2. The number of amides is 1. The molecule has 1 aliphatic rings. The molecule has 156 valence electrons. The maximum Gasteiger partial charge on any atom is 0.459 e. The van der Waals surface area contributed by atoms with Gasteiger partial charge in [0.05, 0.1) is 13.7 Å². The van der Waals surface area contributed by atoms with Crippen molar-refractivity contribution in [1.82, 2.24) is 10.6 Å². The van der Waals surface area contributed by atoms with Crippen LogP contribution in [-0.2, 0) is 32.9 Å². The van der Waals surface area contributed by atoms with E-state index in [0.717, 1.165) is 0 Å². The molecule has 0 aromatic heterocycles. The van der Waals surface area contributed by atoms with Gasteiger partial charge in [0, 0.05) is 0 Å². The Labute approximate surface area is 161 Å². The second-order valence-corrected chi connectivity index (χ2v) is 7.93. The predicted molar refractivity (Wildman–Crippen MR) is 94.4 cm³/mol. The van der Waals surface area contributed by atoms with E-state index in [-0.39, 0.29) is 12.4 Å². The molecule has 0 aliphatic carbocycles. The summed E-state index contributed by atoms with van der Waals surface area (Å²) in [5.74, 6) is -2.42. The topological polar surface area (TPSA) is 142 Å². The van der Waals surface area contributed by atoms with Crippen LogP contribution < -0.4 is 15.1 Å². The molecule has 3 atom stereocenters. The highest BCUT2D eigenvalue weighted by atomic mass is 31.2. The Morgan fingerprint density at radius 1 is 1.25 bits per heavy atom. The van der Waals surface area contributed by atoms with Crippen LogP contribution in [0.2, 0.25) is 0 Å². The first-order valence-corrected chi connectivity index (χ1v) is 9.83. The van der Waals surface area contributed by atoms with Crippen molar-refractivity contribution in [2.75, 3.05) is 20.3 Å². The van der Waals surface area contributed by atoms with Crippen LogP contribution in [0.3, 0.4) is 0 Å². The van der Waals surface area contributed by atoms with Gasteiger partial charge in [-0.1, -0.05) is 18.2 Å². The van der Waals surface area contributed by atoms with Crippen LogP contribution in [0.25, 0.3) is 0 Å². The lowest BCUT2D eigenvalue weighted by molar-refractivity contribution is -0.160. The van der Waals surface area contributed by atoms with Gasteiger partial charge in [0.2, 0.25) is 0 Å².